The van der Waals surface area contributed by atoms with Crippen LogP contribution in [-0.4, -0.2) is 25.2 Å². The van der Waals surface area contributed by atoms with Crippen LogP contribution in [0.5, 0.6) is 0 Å². The fourth-order valence-electron chi connectivity index (χ4n) is 2.75. The van der Waals surface area contributed by atoms with E-state index in [-0.39, 0.29) is 23.7 Å². The zero-order chi connectivity index (χ0) is 18.7. The van der Waals surface area contributed by atoms with Crippen molar-refractivity contribution in [3.63, 3.8) is 0 Å². The SMILES string of the molecule is CC(C)c1nccn1[C@H](C)C(=O)NCc1cnn(-c2ccc(F)cc2)c1. The first-order valence-electron chi connectivity index (χ1n) is 8.55. The number of carbonyl (C=O) groups excluding carboxylic acids is 1. The van der Waals surface area contributed by atoms with Crippen LogP contribution in [0.15, 0.2) is 49.1 Å². The number of halogens is 1. The molecule has 0 spiro atoms. The average molecular weight is 355 g/mol. The van der Waals surface area contributed by atoms with Gasteiger partial charge in [-0.3, -0.25) is 4.79 Å². The fraction of sp³-hybridized carbons (Fsp3) is 0.316. The maximum Gasteiger partial charge on any atom is 0.243 e. The summed E-state index contributed by atoms with van der Waals surface area (Å²) < 4.78 is 16.5. The molecule has 1 amide bonds. The molecule has 0 saturated carbocycles. The predicted octanol–water partition coefficient (Wildman–Crippen LogP) is 3.21. The minimum atomic E-state index is -0.345. The summed E-state index contributed by atoms with van der Waals surface area (Å²) in [6, 6.07) is 5.73. The molecule has 2 aromatic heterocycles. The van der Waals surface area contributed by atoms with Gasteiger partial charge in [0.1, 0.15) is 17.7 Å². The Balaban J connectivity index is 1.63. The van der Waals surface area contributed by atoms with Crippen molar-refractivity contribution in [1.82, 2.24) is 24.6 Å². The summed E-state index contributed by atoms with van der Waals surface area (Å²) >= 11 is 0. The molecule has 6 nitrogen and oxygen atoms in total. The largest absolute Gasteiger partial charge is 0.350 e. The Labute approximate surface area is 151 Å². The molecule has 3 rings (SSSR count). The van der Waals surface area contributed by atoms with Crippen molar-refractivity contribution >= 4 is 5.91 Å². The summed E-state index contributed by atoms with van der Waals surface area (Å²) in [6.07, 6.45) is 7.04. The van der Waals surface area contributed by atoms with Crippen LogP contribution in [0, 0.1) is 5.82 Å². The van der Waals surface area contributed by atoms with Crippen LogP contribution in [-0.2, 0) is 11.3 Å². The highest BCUT2D eigenvalue weighted by atomic mass is 19.1. The highest BCUT2D eigenvalue weighted by Gasteiger charge is 2.19. The van der Waals surface area contributed by atoms with Gasteiger partial charge in [0, 0.05) is 36.6 Å². The van der Waals surface area contributed by atoms with E-state index in [1.165, 1.54) is 12.1 Å². The molecule has 7 heteroatoms. The summed E-state index contributed by atoms with van der Waals surface area (Å²) in [4.78, 5) is 16.8. The van der Waals surface area contributed by atoms with E-state index in [2.05, 4.69) is 15.4 Å². The Morgan fingerprint density at radius 1 is 1.23 bits per heavy atom. The molecule has 136 valence electrons. The number of rotatable bonds is 6. The molecule has 2 heterocycles. The molecular weight excluding hydrogens is 333 g/mol. The molecule has 0 radical (unpaired) electrons. The Morgan fingerprint density at radius 3 is 2.65 bits per heavy atom. The zero-order valence-corrected chi connectivity index (χ0v) is 15.1. The van der Waals surface area contributed by atoms with Crippen LogP contribution >= 0.6 is 0 Å². The maximum atomic E-state index is 13.0. The molecule has 1 N–H and O–H groups in total. The third-order valence-corrected chi connectivity index (χ3v) is 4.21. The molecule has 0 aliphatic carbocycles. The molecule has 1 aromatic carbocycles. The lowest BCUT2D eigenvalue weighted by Crippen LogP contribution is -2.31. The fourth-order valence-corrected chi connectivity index (χ4v) is 2.75. The molecule has 0 fully saturated rings. The summed E-state index contributed by atoms with van der Waals surface area (Å²) in [7, 11) is 0. The molecular formula is C19H22FN5O. The van der Waals surface area contributed by atoms with Gasteiger partial charge in [-0.1, -0.05) is 13.8 Å². The number of benzene rings is 1. The number of hydrogen-bond acceptors (Lipinski definition) is 3. The van der Waals surface area contributed by atoms with Gasteiger partial charge in [-0.05, 0) is 31.2 Å². The Morgan fingerprint density at radius 2 is 1.96 bits per heavy atom. The smallest absolute Gasteiger partial charge is 0.243 e. The first kappa shape index (κ1) is 17.8. The van der Waals surface area contributed by atoms with E-state index in [4.69, 9.17) is 0 Å². The maximum absolute atomic E-state index is 13.0. The second-order valence-electron chi connectivity index (χ2n) is 6.51. The first-order chi connectivity index (χ1) is 12.5. The van der Waals surface area contributed by atoms with Crippen LogP contribution < -0.4 is 5.32 Å². The van der Waals surface area contributed by atoms with Gasteiger partial charge in [0.2, 0.25) is 5.91 Å². The van der Waals surface area contributed by atoms with Gasteiger partial charge in [0.05, 0.1) is 11.9 Å². The van der Waals surface area contributed by atoms with E-state index in [0.717, 1.165) is 17.1 Å². The van der Waals surface area contributed by atoms with Crippen molar-refractivity contribution in [2.75, 3.05) is 0 Å². The molecule has 1 atom stereocenters. The number of nitrogens with one attached hydrogen (secondary N) is 1. The van der Waals surface area contributed by atoms with E-state index < -0.39 is 0 Å². The van der Waals surface area contributed by atoms with Crippen molar-refractivity contribution < 1.29 is 9.18 Å². The molecule has 0 saturated heterocycles. The molecule has 0 aliphatic rings. The standard InChI is InChI=1S/C19H22FN5O/c1-13(2)18-21-8-9-24(18)14(3)19(26)22-10-15-11-23-25(12-15)17-6-4-16(20)5-7-17/h4-9,11-14H,10H2,1-3H3,(H,22,26)/t14-/m1/s1. The lowest BCUT2D eigenvalue weighted by atomic mass is 10.2. The number of hydrogen-bond donors (Lipinski definition) is 1. The molecule has 0 bridgehead atoms. The Kier molecular flexibility index (Phi) is 5.16. The average Bonchev–Trinajstić information content (AvgIpc) is 3.29. The second kappa shape index (κ2) is 7.51. The van der Waals surface area contributed by atoms with Gasteiger partial charge in [0.25, 0.3) is 0 Å². The van der Waals surface area contributed by atoms with Crippen LogP contribution in [0.4, 0.5) is 4.39 Å². The van der Waals surface area contributed by atoms with E-state index in [1.807, 2.05) is 37.7 Å². The van der Waals surface area contributed by atoms with E-state index in [0.29, 0.717) is 6.54 Å². The monoisotopic (exact) mass is 355 g/mol. The summed E-state index contributed by atoms with van der Waals surface area (Å²) in [5, 5.41) is 7.18. The Bertz CT molecular complexity index is 881. The van der Waals surface area contributed by atoms with Gasteiger partial charge in [-0.2, -0.15) is 5.10 Å². The Hall–Kier alpha value is -2.96. The van der Waals surface area contributed by atoms with Crippen molar-refractivity contribution in [2.45, 2.75) is 39.3 Å². The molecule has 26 heavy (non-hydrogen) atoms. The van der Waals surface area contributed by atoms with E-state index in [1.54, 1.807) is 29.2 Å². The van der Waals surface area contributed by atoms with Crippen LogP contribution in [0.25, 0.3) is 5.69 Å². The normalized spacial score (nSPS) is 12.3. The summed E-state index contributed by atoms with van der Waals surface area (Å²) in [5.41, 5.74) is 1.63. The molecule has 0 unspecified atom stereocenters. The number of carbonyl (C=O) groups is 1. The highest BCUT2D eigenvalue weighted by molar-refractivity contribution is 5.79. The summed E-state index contributed by atoms with van der Waals surface area (Å²) in [6.45, 7) is 6.32. The number of amides is 1. The quantitative estimate of drug-likeness (QED) is 0.738. The lowest BCUT2D eigenvalue weighted by molar-refractivity contribution is -0.124. The van der Waals surface area contributed by atoms with Gasteiger partial charge in [-0.25, -0.2) is 14.1 Å². The van der Waals surface area contributed by atoms with Gasteiger partial charge >= 0.3 is 0 Å². The van der Waals surface area contributed by atoms with E-state index >= 15 is 0 Å². The minimum absolute atomic E-state index is 0.0839. The topological polar surface area (TPSA) is 64.7 Å². The summed E-state index contributed by atoms with van der Waals surface area (Å²) in [5.74, 6) is 0.757. The number of imidazole rings is 1. The second-order valence-corrected chi connectivity index (χ2v) is 6.51. The van der Waals surface area contributed by atoms with E-state index in [9.17, 15) is 9.18 Å². The first-order valence-corrected chi connectivity index (χ1v) is 8.55. The number of aromatic nitrogens is 4. The predicted molar refractivity (Wildman–Crippen MR) is 96.4 cm³/mol. The lowest BCUT2D eigenvalue weighted by Gasteiger charge is -2.17. The van der Waals surface area contributed by atoms with Crippen molar-refractivity contribution in [1.29, 1.82) is 0 Å². The van der Waals surface area contributed by atoms with Gasteiger partial charge in [0.15, 0.2) is 0 Å². The third-order valence-electron chi connectivity index (χ3n) is 4.21. The van der Waals surface area contributed by atoms with Crippen molar-refractivity contribution in [2.24, 2.45) is 0 Å². The number of nitrogens with zero attached hydrogens (tertiary/aromatic N) is 4. The highest BCUT2D eigenvalue weighted by Crippen LogP contribution is 2.17. The van der Waals surface area contributed by atoms with Crippen molar-refractivity contribution in [3.05, 3.63) is 66.3 Å². The van der Waals surface area contributed by atoms with Gasteiger partial charge in [-0.15, -0.1) is 0 Å². The molecule has 0 aliphatic heterocycles. The van der Waals surface area contributed by atoms with Gasteiger partial charge < -0.3 is 9.88 Å². The minimum Gasteiger partial charge on any atom is -0.350 e. The molecule has 3 aromatic rings. The van der Waals surface area contributed by atoms with Crippen LogP contribution in [0.3, 0.4) is 0 Å². The van der Waals surface area contributed by atoms with Crippen LogP contribution in [0.2, 0.25) is 0 Å². The van der Waals surface area contributed by atoms with Crippen LogP contribution in [0.1, 0.15) is 44.1 Å². The zero-order valence-electron chi connectivity index (χ0n) is 15.1. The third kappa shape index (κ3) is 3.82. The van der Waals surface area contributed by atoms with Crippen molar-refractivity contribution in [3.8, 4) is 5.69 Å².